The van der Waals surface area contributed by atoms with E-state index in [4.69, 9.17) is 0 Å². The average Bonchev–Trinajstić information content (AvgIpc) is 3.83. The second kappa shape index (κ2) is 28.2. The molecule has 308 valence electrons. The summed E-state index contributed by atoms with van der Waals surface area (Å²) in [5.74, 6) is 3.37. The summed E-state index contributed by atoms with van der Waals surface area (Å²) in [6.45, 7) is 35.5. The van der Waals surface area contributed by atoms with Crippen LogP contribution >= 0.6 is 0 Å². The molecule has 8 nitrogen and oxygen atoms in total. The number of rotatable bonds is 15. The summed E-state index contributed by atoms with van der Waals surface area (Å²) in [4.78, 5) is 45.5. The Morgan fingerprint density at radius 3 is 1.04 bits per heavy atom. The van der Waals surface area contributed by atoms with Crippen molar-refractivity contribution in [1.29, 1.82) is 0 Å². The molecule has 0 atom stereocenters. The summed E-state index contributed by atoms with van der Waals surface area (Å²) in [5, 5.41) is 0. The number of aromatic nitrogens is 4. The Balaban J connectivity index is 0.00000299. The molecule has 2 aromatic carbocycles. The summed E-state index contributed by atoms with van der Waals surface area (Å²) < 4.78 is 0. The Bertz CT molecular complexity index is 1450. The summed E-state index contributed by atoms with van der Waals surface area (Å²) in [6.07, 6.45) is 6.04. The molecule has 0 fully saturated rings. The van der Waals surface area contributed by atoms with Crippen LogP contribution in [0.25, 0.3) is 33.6 Å². The smallest absolute Gasteiger partial charge is 0.223 e. The molecule has 2 heterocycles. The van der Waals surface area contributed by atoms with Crippen molar-refractivity contribution in [2.75, 3.05) is 13.1 Å². The minimum Gasteiger partial charge on any atom is -0.341 e. The monoisotopic (exact) mass is 759 g/mol. The van der Waals surface area contributed by atoms with Gasteiger partial charge in [-0.2, -0.15) is 0 Å². The quantitative estimate of drug-likeness (QED) is 0.126. The van der Waals surface area contributed by atoms with E-state index in [-0.39, 0.29) is 11.8 Å². The van der Waals surface area contributed by atoms with Crippen LogP contribution in [0.4, 0.5) is 0 Å². The highest BCUT2D eigenvalue weighted by atomic mass is 16.2. The molecule has 0 radical (unpaired) electrons. The maximum absolute atomic E-state index is 12.8. The molecule has 0 aliphatic rings. The standard InChI is InChI=1S/C38H52N6O2.C3H8.3C2H6/c1-25(2)17-37(45)43(21-27(5)6)23-35-39-19-33(41-35)31-13-9-29(10-14-31)30-11-15-32(16-12-30)34-20-40-36(42-34)24-44(22-28(7)8)38(46)18-26(3)4;1-3-2;3*1-2/h9-16,19-20,25-28H,17-18,21-24H2,1-8H3,(H,39,41)(H,40,42);3H2,1-2H3;3*1-2H3. The molecule has 8 heteroatoms. The zero-order valence-corrected chi connectivity index (χ0v) is 37.6. The first-order chi connectivity index (χ1) is 26.3. The third kappa shape index (κ3) is 18.8. The number of carbonyl (C=O) groups excluding carboxylic acids is 2. The van der Waals surface area contributed by atoms with Crippen LogP contribution in [0.5, 0.6) is 0 Å². The summed E-state index contributed by atoms with van der Waals surface area (Å²) in [6, 6.07) is 16.9. The number of amides is 2. The van der Waals surface area contributed by atoms with E-state index in [1.165, 1.54) is 6.42 Å². The van der Waals surface area contributed by atoms with Gasteiger partial charge >= 0.3 is 0 Å². The molecule has 0 saturated carbocycles. The fourth-order valence-corrected chi connectivity index (χ4v) is 5.57. The van der Waals surface area contributed by atoms with E-state index >= 15 is 0 Å². The first-order valence-electron chi connectivity index (χ1n) is 21.1. The highest BCUT2D eigenvalue weighted by Gasteiger charge is 2.20. The lowest BCUT2D eigenvalue weighted by molar-refractivity contribution is -0.134. The van der Waals surface area contributed by atoms with Gasteiger partial charge in [0.1, 0.15) is 11.6 Å². The van der Waals surface area contributed by atoms with E-state index < -0.39 is 0 Å². The number of nitrogens with one attached hydrogen (secondary N) is 2. The number of benzene rings is 2. The van der Waals surface area contributed by atoms with E-state index in [1.807, 2.05) is 63.7 Å². The highest BCUT2D eigenvalue weighted by molar-refractivity contribution is 5.77. The predicted molar refractivity (Wildman–Crippen MR) is 236 cm³/mol. The van der Waals surface area contributed by atoms with Gasteiger partial charge in [0, 0.05) is 25.9 Å². The van der Waals surface area contributed by atoms with Crippen molar-refractivity contribution in [2.24, 2.45) is 23.7 Å². The van der Waals surface area contributed by atoms with E-state index in [1.54, 1.807) is 0 Å². The second-order valence-corrected chi connectivity index (χ2v) is 14.9. The van der Waals surface area contributed by atoms with Gasteiger partial charge < -0.3 is 19.8 Å². The Kier molecular flexibility index (Phi) is 26.1. The number of nitrogens with zero attached hydrogens (tertiary/aromatic N) is 4. The Hall–Kier alpha value is -4.20. The van der Waals surface area contributed by atoms with Crippen LogP contribution < -0.4 is 0 Å². The van der Waals surface area contributed by atoms with Crippen LogP contribution in [0.15, 0.2) is 60.9 Å². The van der Waals surface area contributed by atoms with Crippen molar-refractivity contribution >= 4 is 11.8 Å². The van der Waals surface area contributed by atoms with E-state index in [9.17, 15) is 9.59 Å². The van der Waals surface area contributed by atoms with E-state index in [0.29, 0.717) is 62.7 Å². The minimum absolute atomic E-state index is 0.173. The molecule has 0 saturated heterocycles. The summed E-state index contributed by atoms with van der Waals surface area (Å²) in [7, 11) is 0. The van der Waals surface area contributed by atoms with Gasteiger partial charge in [0.05, 0.1) is 36.9 Å². The maximum atomic E-state index is 12.8. The second-order valence-electron chi connectivity index (χ2n) is 14.9. The maximum Gasteiger partial charge on any atom is 0.223 e. The number of hydrogen-bond acceptors (Lipinski definition) is 4. The summed E-state index contributed by atoms with van der Waals surface area (Å²) in [5.41, 5.74) is 6.21. The lowest BCUT2D eigenvalue weighted by Gasteiger charge is -2.24. The Morgan fingerprint density at radius 1 is 0.509 bits per heavy atom. The molecule has 2 amide bonds. The van der Waals surface area contributed by atoms with Gasteiger partial charge in [-0.15, -0.1) is 0 Å². The summed E-state index contributed by atoms with van der Waals surface area (Å²) >= 11 is 0. The van der Waals surface area contributed by atoms with Crippen molar-refractivity contribution in [2.45, 2.75) is 143 Å². The van der Waals surface area contributed by atoms with Crippen LogP contribution in [0.1, 0.15) is 142 Å². The topological polar surface area (TPSA) is 98.0 Å². The number of imidazole rings is 2. The molecule has 0 aliphatic carbocycles. The number of hydrogen-bond donors (Lipinski definition) is 2. The molecule has 0 bridgehead atoms. The fourth-order valence-electron chi connectivity index (χ4n) is 5.57. The molecular formula is C47H78N6O2. The molecule has 4 aromatic rings. The number of aromatic amines is 2. The van der Waals surface area contributed by atoms with Gasteiger partial charge in [-0.1, -0.05) is 166 Å². The lowest BCUT2D eigenvalue weighted by Crippen LogP contribution is -2.34. The third-order valence-corrected chi connectivity index (χ3v) is 7.71. The number of carbonyl (C=O) groups is 2. The zero-order valence-electron chi connectivity index (χ0n) is 37.6. The largest absolute Gasteiger partial charge is 0.341 e. The Labute approximate surface area is 336 Å². The van der Waals surface area contributed by atoms with Crippen molar-refractivity contribution in [1.82, 2.24) is 29.7 Å². The molecule has 0 unspecified atom stereocenters. The normalized spacial score (nSPS) is 10.4. The van der Waals surface area contributed by atoms with Crippen LogP contribution in [-0.4, -0.2) is 54.6 Å². The third-order valence-electron chi connectivity index (χ3n) is 7.71. The lowest BCUT2D eigenvalue weighted by atomic mass is 10.0. The minimum atomic E-state index is 0.173. The van der Waals surface area contributed by atoms with Gasteiger partial charge in [-0.3, -0.25) is 9.59 Å². The van der Waals surface area contributed by atoms with Crippen molar-refractivity contribution in [3.63, 3.8) is 0 Å². The van der Waals surface area contributed by atoms with Gasteiger partial charge in [0.15, 0.2) is 0 Å². The first-order valence-corrected chi connectivity index (χ1v) is 21.1. The van der Waals surface area contributed by atoms with Crippen LogP contribution in [0, 0.1) is 23.7 Å². The molecule has 0 aliphatic heterocycles. The predicted octanol–water partition coefficient (Wildman–Crippen LogP) is 12.7. The molecule has 55 heavy (non-hydrogen) atoms. The fraction of sp³-hybridized carbons (Fsp3) is 0.574. The molecular weight excluding hydrogens is 681 g/mol. The number of H-pyrrole nitrogens is 2. The van der Waals surface area contributed by atoms with Crippen molar-refractivity contribution in [3.05, 3.63) is 72.6 Å². The van der Waals surface area contributed by atoms with Crippen molar-refractivity contribution in [3.8, 4) is 33.6 Å². The van der Waals surface area contributed by atoms with E-state index in [2.05, 4.69) is 138 Å². The van der Waals surface area contributed by atoms with Gasteiger partial charge in [-0.25, -0.2) is 9.97 Å². The van der Waals surface area contributed by atoms with Gasteiger partial charge in [-0.05, 0) is 45.9 Å². The molecule has 4 rings (SSSR count). The van der Waals surface area contributed by atoms with Gasteiger partial charge in [0.2, 0.25) is 11.8 Å². The first kappa shape index (κ1) is 50.8. The SMILES string of the molecule is CC.CC.CC.CC(C)CC(=O)N(Cc1ncc(-c2ccc(-c3ccc(-c4cnc(CN(CC(C)C)C(=O)CC(C)C)[nH]4)cc3)cc2)[nH]1)CC(C)C.CCC. The van der Waals surface area contributed by atoms with Crippen LogP contribution in [0.2, 0.25) is 0 Å². The van der Waals surface area contributed by atoms with Crippen molar-refractivity contribution < 1.29 is 9.59 Å². The molecule has 2 aromatic heterocycles. The zero-order chi connectivity index (χ0) is 42.1. The average molecular weight is 759 g/mol. The van der Waals surface area contributed by atoms with E-state index in [0.717, 1.165) is 45.3 Å². The van der Waals surface area contributed by atoms with Crippen LogP contribution in [-0.2, 0) is 22.7 Å². The molecule has 2 N–H and O–H groups in total. The van der Waals surface area contributed by atoms with Crippen LogP contribution in [0.3, 0.4) is 0 Å². The molecule has 0 spiro atoms. The highest BCUT2D eigenvalue weighted by Crippen LogP contribution is 2.27. The van der Waals surface area contributed by atoms with Gasteiger partial charge in [0.25, 0.3) is 0 Å². The Morgan fingerprint density at radius 2 is 0.782 bits per heavy atom.